The topological polar surface area (TPSA) is 78.0 Å². The second-order valence-corrected chi connectivity index (χ2v) is 9.06. The van der Waals surface area contributed by atoms with Crippen LogP contribution in [0.1, 0.15) is 53.4 Å². The average Bonchev–Trinajstić information content (AvgIpc) is 3.40. The Morgan fingerprint density at radius 1 is 1.11 bits per heavy atom. The quantitative estimate of drug-likeness (QED) is 0.367. The highest BCUT2D eigenvalue weighted by atomic mass is 19.4. The maximum atomic E-state index is 12.9. The van der Waals surface area contributed by atoms with Gasteiger partial charge in [-0.25, -0.2) is 4.79 Å². The Labute approximate surface area is 221 Å². The van der Waals surface area contributed by atoms with E-state index in [-0.39, 0.29) is 23.9 Å². The van der Waals surface area contributed by atoms with E-state index in [9.17, 15) is 23.1 Å². The van der Waals surface area contributed by atoms with E-state index in [1.807, 2.05) is 44.0 Å². The lowest BCUT2D eigenvalue weighted by atomic mass is 9.97. The first-order valence-corrected chi connectivity index (χ1v) is 12.7. The van der Waals surface area contributed by atoms with Gasteiger partial charge in [0, 0.05) is 61.4 Å². The summed E-state index contributed by atoms with van der Waals surface area (Å²) in [7, 11) is 3.03. The maximum absolute atomic E-state index is 12.9. The number of H-pyrrole nitrogens is 1. The molecule has 38 heavy (non-hydrogen) atoms. The number of carboxylic acid groups (broad SMARTS) is 1. The smallest absolute Gasteiger partial charge is 0.390 e. The van der Waals surface area contributed by atoms with Crippen molar-refractivity contribution in [2.75, 3.05) is 40.4 Å². The molecule has 1 aliphatic rings. The molecule has 2 aromatic carbocycles. The number of piperazine rings is 1. The van der Waals surface area contributed by atoms with Crippen LogP contribution in [0.5, 0.6) is 11.5 Å². The van der Waals surface area contributed by atoms with Gasteiger partial charge in [-0.2, -0.15) is 13.2 Å². The van der Waals surface area contributed by atoms with Crippen molar-refractivity contribution in [2.45, 2.75) is 46.0 Å². The van der Waals surface area contributed by atoms with Crippen LogP contribution in [-0.4, -0.2) is 72.4 Å². The predicted molar refractivity (Wildman–Crippen MR) is 141 cm³/mol. The number of alkyl halides is 3. The van der Waals surface area contributed by atoms with Crippen LogP contribution in [0.25, 0.3) is 10.9 Å². The van der Waals surface area contributed by atoms with Gasteiger partial charge in [0.1, 0.15) is 17.1 Å². The molecule has 1 aromatic heterocycles. The van der Waals surface area contributed by atoms with Crippen LogP contribution < -0.4 is 9.47 Å². The van der Waals surface area contributed by atoms with Crippen LogP contribution in [-0.2, 0) is 6.54 Å². The zero-order valence-corrected chi connectivity index (χ0v) is 22.5. The van der Waals surface area contributed by atoms with Gasteiger partial charge in [-0.15, -0.1) is 0 Å². The number of aromatic nitrogens is 1. The van der Waals surface area contributed by atoms with E-state index in [1.165, 1.54) is 13.2 Å². The van der Waals surface area contributed by atoms with Gasteiger partial charge in [0.25, 0.3) is 0 Å². The number of aryl methyl sites for hydroxylation is 1. The molecule has 2 heterocycles. The summed E-state index contributed by atoms with van der Waals surface area (Å²) in [5.74, 6) is -0.144. The summed E-state index contributed by atoms with van der Waals surface area (Å²) in [6, 6.07) is 8.58. The Hall–Kier alpha value is -3.24. The lowest BCUT2D eigenvalue weighted by molar-refractivity contribution is -0.139. The monoisotopic (exact) mass is 535 g/mol. The third kappa shape index (κ3) is 6.60. The lowest BCUT2D eigenvalue weighted by Crippen LogP contribution is -2.48. The molecule has 7 nitrogen and oxygen atoms in total. The summed E-state index contributed by atoms with van der Waals surface area (Å²) in [4.78, 5) is 18.9. The van der Waals surface area contributed by atoms with Crippen LogP contribution in [0.4, 0.5) is 13.2 Å². The van der Waals surface area contributed by atoms with Gasteiger partial charge < -0.3 is 19.6 Å². The molecule has 2 N–H and O–H groups in total. The number of carboxylic acids is 1. The Balaban J connectivity index is 0.00000195. The van der Waals surface area contributed by atoms with Crippen molar-refractivity contribution in [1.82, 2.24) is 14.8 Å². The van der Waals surface area contributed by atoms with E-state index in [0.29, 0.717) is 26.2 Å². The summed E-state index contributed by atoms with van der Waals surface area (Å²) in [5, 5.41) is 10.5. The summed E-state index contributed by atoms with van der Waals surface area (Å²) < 4.78 is 49.8. The van der Waals surface area contributed by atoms with Crippen molar-refractivity contribution in [2.24, 2.45) is 0 Å². The highest BCUT2D eigenvalue weighted by Crippen LogP contribution is 2.36. The number of methoxy groups -OCH3 is 2. The zero-order chi connectivity index (χ0) is 28.0. The summed E-state index contributed by atoms with van der Waals surface area (Å²) >= 11 is 0. The van der Waals surface area contributed by atoms with E-state index in [0.717, 1.165) is 33.3 Å². The molecule has 0 spiro atoms. The van der Waals surface area contributed by atoms with Crippen molar-refractivity contribution in [3.63, 3.8) is 0 Å². The number of hydrogen-bond acceptors (Lipinski definition) is 5. The minimum atomic E-state index is -4.23. The first kappa shape index (κ1) is 29.3. The van der Waals surface area contributed by atoms with Crippen LogP contribution in [0, 0.1) is 6.92 Å². The Morgan fingerprint density at radius 3 is 2.45 bits per heavy atom. The molecular formula is C28H36F3N3O4. The van der Waals surface area contributed by atoms with Gasteiger partial charge >= 0.3 is 12.1 Å². The van der Waals surface area contributed by atoms with Crippen molar-refractivity contribution in [3.05, 3.63) is 58.8 Å². The van der Waals surface area contributed by atoms with E-state index in [2.05, 4.69) is 9.88 Å². The average molecular weight is 536 g/mol. The molecule has 0 saturated carbocycles. The third-order valence-corrected chi connectivity index (χ3v) is 6.82. The number of fused-ring (bicyclic) bond motifs is 1. The van der Waals surface area contributed by atoms with Gasteiger partial charge in [0.2, 0.25) is 0 Å². The number of nitrogens with zero attached hydrogens (tertiary/aromatic N) is 2. The summed E-state index contributed by atoms with van der Waals surface area (Å²) in [6.07, 6.45) is -3.23. The fraction of sp³-hybridized carbons (Fsp3) is 0.464. The van der Waals surface area contributed by atoms with Gasteiger partial charge in [0.15, 0.2) is 0 Å². The van der Waals surface area contributed by atoms with Gasteiger partial charge in [-0.1, -0.05) is 19.9 Å². The number of aromatic amines is 1. The Bertz CT molecular complexity index is 1240. The highest BCUT2D eigenvalue weighted by molar-refractivity contribution is 5.91. The number of halogens is 3. The number of carbonyl (C=O) groups is 1. The van der Waals surface area contributed by atoms with Crippen molar-refractivity contribution < 1.29 is 32.5 Å². The molecule has 1 unspecified atom stereocenters. The zero-order valence-electron chi connectivity index (χ0n) is 22.5. The largest absolute Gasteiger partial charge is 0.496 e. The van der Waals surface area contributed by atoms with Gasteiger partial charge in [-0.3, -0.25) is 9.80 Å². The molecule has 1 atom stereocenters. The van der Waals surface area contributed by atoms with Crippen molar-refractivity contribution in [3.8, 4) is 11.5 Å². The maximum Gasteiger partial charge on any atom is 0.390 e. The molecule has 0 bridgehead atoms. The van der Waals surface area contributed by atoms with Crippen molar-refractivity contribution >= 4 is 16.9 Å². The third-order valence-electron chi connectivity index (χ3n) is 6.82. The fourth-order valence-electron chi connectivity index (χ4n) is 4.95. The molecule has 3 aromatic rings. The number of hydrogen-bond donors (Lipinski definition) is 2. The summed E-state index contributed by atoms with van der Waals surface area (Å²) in [5.41, 5.74) is 3.87. The molecule has 1 saturated heterocycles. The lowest BCUT2D eigenvalue weighted by Gasteiger charge is -2.42. The SMILES string of the molecule is CC.COc1cc(C2CN(CCC(F)(F)F)CCN2Cc2c(OC)cc(C)c3[nH]ccc23)ccc1C(=O)O. The highest BCUT2D eigenvalue weighted by Gasteiger charge is 2.33. The van der Waals surface area contributed by atoms with Crippen LogP contribution in [0.15, 0.2) is 36.5 Å². The molecular weight excluding hydrogens is 499 g/mol. The van der Waals surface area contributed by atoms with E-state index < -0.39 is 18.6 Å². The summed E-state index contributed by atoms with van der Waals surface area (Å²) in [6.45, 7) is 7.82. The molecule has 0 radical (unpaired) electrons. The second-order valence-electron chi connectivity index (χ2n) is 9.06. The van der Waals surface area contributed by atoms with Gasteiger partial charge in [0.05, 0.1) is 20.6 Å². The molecule has 1 fully saturated rings. The fourth-order valence-corrected chi connectivity index (χ4v) is 4.95. The normalized spacial score (nSPS) is 16.7. The second kappa shape index (κ2) is 12.5. The molecule has 208 valence electrons. The standard InChI is InChI=1S/C26H30F3N3O4.C2H6/c1-16-12-22(35-2)20(18-6-8-30-24(16)18)14-32-11-10-31(9-7-26(27,28)29)15-21(32)17-4-5-19(25(33)34)23(13-17)36-3;1-2/h4-6,8,12-13,21,30H,7,9-11,14-15H2,1-3H3,(H,33,34);1-2H3. The molecule has 1 aliphatic heterocycles. The van der Waals surface area contributed by atoms with Crippen LogP contribution in [0.2, 0.25) is 0 Å². The van der Waals surface area contributed by atoms with Gasteiger partial charge in [-0.05, 0) is 42.3 Å². The first-order chi connectivity index (χ1) is 18.1. The van der Waals surface area contributed by atoms with Crippen LogP contribution in [0.3, 0.4) is 0 Å². The number of aromatic carboxylic acids is 1. The minimum absolute atomic E-state index is 0.0340. The molecule has 0 amide bonds. The van der Waals surface area contributed by atoms with Crippen molar-refractivity contribution in [1.29, 1.82) is 0 Å². The minimum Gasteiger partial charge on any atom is -0.496 e. The number of ether oxygens (including phenoxy) is 2. The number of benzene rings is 2. The van der Waals surface area contributed by atoms with Crippen LogP contribution >= 0.6 is 0 Å². The molecule has 0 aliphatic carbocycles. The number of nitrogens with one attached hydrogen (secondary N) is 1. The predicted octanol–water partition coefficient (Wildman–Crippen LogP) is 6.03. The van der Waals surface area contributed by atoms with E-state index >= 15 is 0 Å². The number of rotatable bonds is 8. The van der Waals surface area contributed by atoms with E-state index in [4.69, 9.17) is 9.47 Å². The first-order valence-electron chi connectivity index (χ1n) is 12.7. The Morgan fingerprint density at radius 2 is 1.82 bits per heavy atom. The molecule has 4 rings (SSSR count). The Kier molecular flexibility index (Phi) is 9.67. The van der Waals surface area contributed by atoms with E-state index in [1.54, 1.807) is 19.2 Å². The molecule has 10 heteroatoms.